The van der Waals surface area contributed by atoms with Gasteiger partial charge in [0.25, 0.3) is 0 Å². The first-order valence-corrected chi connectivity index (χ1v) is 5.91. The summed E-state index contributed by atoms with van der Waals surface area (Å²) in [6.45, 7) is 2.77. The van der Waals surface area contributed by atoms with Crippen LogP contribution in [-0.2, 0) is 13.2 Å². The molecule has 2 aromatic rings. The van der Waals surface area contributed by atoms with Crippen molar-refractivity contribution in [3.8, 4) is 5.75 Å². The summed E-state index contributed by atoms with van der Waals surface area (Å²) < 4.78 is 0. The minimum absolute atomic E-state index is 0.0498. The molecular weight excluding hydrogens is 226 g/mol. The van der Waals surface area contributed by atoms with E-state index in [2.05, 4.69) is 5.32 Å². The molecule has 3 N–H and O–H groups in total. The van der Waals surface area contributed by atoms with Crippen LogP contribution in [0.2, 0.25) is 0 Å². The van der Waals surface area contributed by atoms with Crippen molar-refractivity contribution in [2.24, 2.45) is 0 Å². The summed E-state index contributed by atoms with van der Waals surface area (Å²) in [5, 5.41) is 21.6. The van der Waals surface area contributed by atoms with Crippen molar-refractivity contribution < 1.29 is 10.2 Å². The second-order valence-electron chi connectivity index (χ2n) is 4.33. The van der Waals surface area contributed by atoms with Crippen molar-refractivity contribution in [1.29, 1.82) is 0 Å². The predicted octanol–water partition coefficient (Wildman–Crippen LogP) is 2.81. The average molecular weight is 243 g/mol. The highest BCUT2D eigenvalue weighted by Crippen LogP contribution is 2.18. The molecule has 0 radical (unpaired) electrons. The van der Waals surface area contributed by atoms with Crippen molar-refractivity contribution in [1.82, 2.24) is 0 Å². The van der Waals surface area contributed by atoms with Gasteiger partial charge >= 0.3 is 0 Å². The average Bonchev–Trinajstić information content (AvgIpc) is 2.40. The van der Waals surface area contributed by atoms with Crippen LogP contribution in [-0.4, -0.2) is 10.2 Å². The predicted molar refractivity (Wildman–Crippen MR) is 72.5 cm³/mol. The minimum Gasteiger partial charge on any atom is -0.508 e. The van der Waals surface area contributed by atoms with Gasteiger partial charge in [-0.2, -0.15) is 0 Å². The van der Waals surface area contributed by atoms with Crippen molar-refractivity contribution in [2.75, 3.05) is 5.32 Å². The van der Waals surface area contributed by atoms with Crippen molar-refractivity contribution in [3.63, 3.8) is 0 Å². The number of rotatable bonds is 4. The van der Waals surface area contributed by atoms with E-state index >= 15 is 0 Å². The number of nitrogens with one attached hydrogen (secondary N) is 1. The summed E-state index contributed by atoms with van der Waals surface area (Å²) in [4.78, 5) is 0. The number of aliphatic hydroxyl groups excluding tert-OH is 1. The van der Waals surface area contributed by atoms with Gasteiger partial charge in [-0.3, -0.25) is 0 Å². The maximum Gasteiger partial charge on any atom is 0.115 e. The SMILES string of the molecule is Cc1ccc(CO)cc1NCc1ccc(O)cc1. The first-order chi connectivity index (χ1) is 8.69. The lowest BCUT2D eigenvalue weighted by Gasteiger charge is -2.11. The molecule has 0 bridgehead atoms. The zero-order valence-corrected chi connectivity index (χ0v) is 10.4. The molecule has 0 saturated carbocycles. The van der Waals surface area contributed by atoms with E-state index in [0.717, 1.165) is 22.4 Å². The number of aliphatic hydroxyl groups is 1. The molecule has 2 rings (SSSR count). The maximum atomic E-state index is 9.21. The molecule has 0 amide bonds. The lowest BCUT2D eigenvalue weighted by atomic mass is 10.1. The highest BCUT2D eigenvalue weighted by molar-refractivity contribution is 5.53. The van der Waals surface area contributed by atoms with E-state index < -0.39 is 0 Å². The minimum atomic E-state index is 0.0498. The van der Waals surface area contributed by atoms with E-state index in [0.29, 0.717) is 6.54 Å². The van der Waals surface area contributed by atoms with Gasteiger partial charge in [-0.05, 0) is 41.8 Å². The third-order valence-electron chi connectivity index (χ3n) is 2.90. The van der Waals surface area contributed by atoms with Crippen LogP contribution in [0.1, 0.15) is 16.7 Å². The molecule has 0 atom stereocenters. The molecule has 0 spiro atoms. The smallest absolute Gasteiger partial charge is 0.115 e. The van der Waals surface area contributed by atoms with Gasteiger partial charge in [0, 0.05) is 12.2 Å². The van der Waals surface area contributed by atoms with Gasteiger partial charge in [-0.1, -0.05) is 24.3 Å². The summed E-state index contributed by atoms with van der Waals surface area (Å²) in [5.74, 6) is 0.275. The zero-order chi connectivity index (χ0) is 13.0. The third-order valence-corrected chi connectivity index (χ3v) is 2.90. The summed E-state index contributed by atoms with van der Waals surface area (Å²) in [6.07, 6.45) is 0. The van der Waals surface area contributed by atoms with Gasteiger partial charge in [0.2, 0.25) is 0 Å². The Hall–Kier alpha value is -2.00. The quantitative estimate of drug-likeness (QED) is 0.774. The standard InChI is InChI=1S/C15H17NO2/c1-11-2-3-13(10-17)8-15(11)16-9-12-4-6-14(18)7-5-12/h2-8,16-18H,9-10H2,1H3. The fourth-order valence-electron chi connectivity index (χ4n) is 1.77. The lowest BCUT2D eigenvalue weighted by Crippen LogP contribution is -2.01. The molecule has 0 aromatic heterocycles. The fourth-order valence-corrected chi connectivity index (χ4v) is 1.77. The van der Waals surface area contributed by atoms with Gasteiger partial charge in [0.1, 0.15) is 5.75 Å². The van der Waals surface area contributed by atoms with Crippen molar-refractivity contribution in [3.05, 3.63) is 59.2 Å². The summed E-state index contributed by atoms with van der Waals surface area (Å²) in [5.41, 5.74) is 4.16. The van der Waals surface area contributed by atoms with Gasteiger partial charge in [-0.15, -0.1) is 0 Å². The van der Waals surface area contributed by atoms with E-state index in [1.807, 2.05) is 37.3 Å². The Labute approximate surface area is 107 Å². The van der Waals surface area contributed by atoms with E-state index in [1.54, 1.807) is 12.1 Å². The normalized spacial score (nSPS) is 10.3. The van der Waals surface area contributed by atoms with E-state index in [4.69, 9.17) is 5.11 Å². The Kier molecular flexibility index (Phi) is 3.85. The number of phenols is 1. The number of aryl methyl sites for hydroxylation is 1. The van der Waals surface area contributed by atoms with Crippen molar-refractivity contribution in [2.45, 2.75) is 20.1 Å². The van der Waals surface area contributed by atoms with Gasteiger partial charge in [0.05, 0.1) is 6.61 Å². The van der Waals surface area contributed by atoms with Crippen molar-refractivity contribution >= 4 is 5.69 Å². The molecule has 2 aromatic carbocycles. The van der Waals surface area contributed by atoms with Crippen LogP contribution in [0.4, 0.5) is 5.69 Å². The molecule has 0 heterocycles. The Morgan fingerprint density at radius 2 is 1.67 bits per heavy atom. The zero-order valence-electron chi connectivity index (χ0n) is 10.4. The van der Waals surface area contributed by atoms with Crippen LogP contribution in [0.3, 0.4) is 0 Å². The topological polar surface area (TPSA) is 52.5 Å². The first-order valence-electron chi connectivity index (χ1n) is 5.91. The van der Waals surface area contributed by atoms with Gasteiger partial charge < -0.3 is 15.5 Å². The largest absolute Gasteiger partial charge is 0.508 e. The number of anilines is 1. The molecule has 0 aliphatic carbocycles. The van der Waals surface area contributed by atoms with Crippen LogP contribution < -0.4 is 5.32 Å². The third kappa shape index (κ3) is 3.02. The molecule has 0 saturated heterocycles. The fraction of sp³-hybridized carbons (Fsp3) is 0.200. The molecule has 3 heteroatoms. The summed E-state index contributed by atoms with van der Waals surface area (Å²) >= 11 is 0. The second kappa shape index (κ2) is 5.56. The number of aromatic hydroxyl groups is 1. The van der Waals surface area contributed by atoms with Gasteiger partial charge in [0.15, 0.2) is 0 Å². The van der Waals surface area contributed by atoms with Crippen LogP contribution in [0.25, 0.3) is 0 Å². The van der Waals surface area contributed by atoms with Crippen LogP contribution in [0.15, 0.2) is 42.5 Å². The molecule has 0 fully saturated rings. The molecule has 0 aliphatic heterocycles. The highest BCUT2D eigenvalue weighted by atomic mass is 16.3. The van der Waals surface area contributed by atoms with Crippen LogP contribution in [0.5, 0.6) is 5.75 Å². The highest BCUT2D eigenvalue weighted by Gasteiger charge is 2.00. The molecule has 3 nitrogen and oxygen atoms in total. The van der Waals surface area contributed by atoms with E-state index in [-0.39, 0.29) is 12.4 Å². The van der Waals surface area contributed by atoms with Gasteiger partial charge in [-0.25, -0.2) is 0 Å². The first kappa shape index (κ1) is 12.5. The molecule has 0 unspecified atom stereocenters. The summed E-state index contributed by atoms with van der Waals surface area (Å²) in [6, 6.07) is 13.0. The lowest BCUT2D eigenvalue weighted by molar-refractivity contribution is 0.282. The monoisotopic (exact) mass is 243 g/mol. The Morgan fingerprint density at radius 1 is 1.00 bits per heavy atom. The number of hydrogen-bond acceptors (Lipinski definition) is 3. The second-order valence-corrected chi connectivity index (χ2v) is 4.33. The number of benzene rings is 2. The summed E-state index contributed by atoms with van der Waals surface area (Å²) in [7, 11) is 0. The molecule has 18 heavy (non-hydrogen) atoms. The number of phenolic OH excluding ortho intramolecular Hbond substituents is 1. The Bertz CT molecular complexity index is 521. The molecular formula is C15H17NO2. The Morgan fingerprint density at radius 3 is 2.33 bits per heavy atom. The Balaban J connectivity index is 2.07. The molecule has 0 aliphatic rings. The maximum absolute atomic E-state index is 9.21. The van der Waals surface area contributed by atoms with E-state index in [9.17, 15) is 5.11 Å². The van der Waals surface area contributed by atoms with Crippen LogP contribution >= 0.6 is 0 Å². The molecule has 94 valence electrons. The van der Waals surface area contributed by atoms with E-state index in [1.165, 1.54) is 0 Å². The number of hydrogen-bond donors (Lipinski definition) is 3. The van der Waals surface area contributed by atoms with Crippen LogP contribution in [0, 0.1) is 6.92 Å².